The number of benzene rings is 2. The highest BCUT2D eigenvalue weighted by Crippen LogP contribution is 2.31. The maximum atomic E-state index is 12.2. The molecule has 1 fully saturated rings. The number of hydrogen-bond acceptors (Lipinski definition) is 4. The second kappa shape index (κ2) is 7.36. The predicted molar refractivity (Wildman–Crippen MR) is 96.1 cm³/mol. The molecule has 1 aliphatic rings. The zero-order valence-electron chi connectivity index (χ0n) is 13.9. The molecule has 2 aromatic rings. The first kappa shape index (κ1) is 17.0. The Morgan fingerprint density at radius 2 is 1.79 bits per heavy atom. The Morgan fingerprint density at radius 1 is 1.08 bits per heavy atom. The van der Waals surface area contributed by atoms with Gasteiger partial charge in [0, 0.05) is 11.8 Å². The highest BCUT2D eigenvalue weighted by Gasteiger charge is 2.17. The van der Waals surface area contributed by atoms with Crippen molar-refractivity contribution in [3.63, 3.8) is 0 Å². The quantitative estimate of drug-likeness (QED) is 0.904. The van der Waals surface area contributed by atoms with Crippen molar-refractivity contribution in [2.45, 2.75) is 17.7 Å². The Balaban J connectivity index is 1.85. The normalized spacial score (nSPS) is 16.0. The van der Waals surface area contributed by atoms with E-state index in [2.05, 4.69) is 5.32 Å². The van der Waals surface area contributed by atoms with Crippen molar-refractivity contribution in [1.82, 2.24) is 5.32 Å². The Bertz CT molecular complexity index is 782. The molecule has 3 rings (SSSR count). The topological polar surface area (TPSA) is 55.4 Å². The Kier molecular flexibility index (Phi) is 5.21. The second-order valence-corrected chi connectivity index (χ2v) is 8.28. The Morgan fingerprint density at radius 3 is 2.46 bits per heavy atom. The first-order valence-corrected chi connectivity index (χ1v) is 10.2. The summed E-state index contributed by atoms with van der Waals surface area (Å²) >= 11 is 0. The third-order valence-corrected chi connectivity index (χ3v) is 5.52. The van der Waals surface area contributed by atoms with E-state index in [0.717, 1.165) is 31.5 Å². The highest BCUT2D eigenvalue weighted by molar-refractivity contribution is 7.90. The van der Waals surface area contributed by atoms with E-state index in [4.69, 9.17) is 4.74 Å². The van der Waals surface area contributed by atoms with Crippen LogP contribution in [0.5, 0.6) is 5.75 Å². The van der Waals surface area contributed by atoms with Gasteiger partial charge in [-0.1, -0.05) is 30.3 Å². The zero-order chi connectivity index (χ0) is 17.0. The average molecular weight is 345 g/mol. The third-order valence-electron chi connectivity index (χ3n) is 4.38. The minimum absolute atomic E-state index is 0.316. The molecule has 0 unspecified atom stereocenters. The fourth-order valence-corrected chi connectivity index (χ4v) is 3.93. The largest absolute Gasteiger partial charge is 0.493 e. The van der Waals surface area contributed by atoms with Gasteiger partial charge in [-0.05, 0) is 55.6 Å². The minimum Gasteiger partial charge on any atom is -0.493 e. The van der Waals surface area contributed by atoms with E-state index in [-0.39, 0.29) is 0 Å². The van der Waals surface area contributed by atoms with Crippen LogP contribution in [0.1, 0.15) is 12.8 Å². The van der Waals surface area contributed by atoms with Crippen molar-refractivity contribution in [3.05, 3.63) is 48.5 Å². The molecule has 0 bridgehead atoms. The van der Waals surface area contributed by atoms with Crippen molar-refractivity contribution in [2.75, 3.05) is 26.0 Å². The lowest BCUT2D eigenvalue weighted by atomic mass is 9.99. The molecule has 4 nitrogen and oxygen atoms in total. The van der Waals surface area contributed by atoms with E-state index in [1.165, 1.54) is 6.26 Å². The molecular formula is C19H23NO3S. The highest BCUT2D eigenvalue weighted by atomic mass is 32.2. The SMILES string of the molecule is CS(=O)(=O)c1cc(OCC2CCNCC2)ccc1-c1ccccc1. The molecule has 1 aliphatic heterocycles. The van der Waals surface area contributed by atoms with Crippen LogP contribution in [-0.2, 0) is 9.84 Å². The second-order valence-electron chi connectivity index (χ2n) is 6.30. The van der Waals surface area contributed by atoms with Crippen molar-refractivity contribution >= 4 is 9.84 Å². The van der Waals surface area contributed by atoms with Gasteiger partial charge in [0.15, 0.2) is 9.84 Å². The smallest absolute Gasteiger partial charge is 0.176 e. The summed E-state index contributed by atoms with van der Waals surface area (Å²) in [6.45, 7) is 2.68. The first-order chi connectivity index (χ1) is 11.5. The molecule has 1 heterocycles. The van der Waals surface area contributed by atoms with Gasteiger partial charge in [-0.2, -0.15) is 0 Å². The van der Waals surface area contributed by atoms with Gasteiger partial charge in [0.2, 0.25) is 0 Å². The molecule has 0 aromatic heterocycles. The Hall–Kier alpha value is -1.85. The van der Waals surface area contributed by atoms with Crippen molar-refractivity contribution < 1.29 is 13.2 Å². The lowest BCUT2D eigenvalue weighted by molar-refractivity contribution is 0.215. The summed E-state index contributed by atoms with van der Waals surface area (Å²) in [6.07, 6.45) is 3.44. The van der Waals surface area contributed by atoms with Gasteiger partial charge < -0.3 is 10.1 Å². The van der Waals surface area contributed by atoms with Gasteiger partial charge in [0.1, 0.15) is 5.75 Å². The van der Waals surface area contributed by atoms with Crippen LogP contribution in [0.4, 0.5) is 0 Å². The van der Waals surface area contributed by atoms with Gasteiger partial charge in [-0.25, -0.2) is 8.42 Å². The number of ether oxygens (including phenoxy) is 1. The number of hydrogen-bond donors (Lipinski definition) is 1. The number of sulfone groups is 1. The maximum absolute atomic E-state index is 12.2. The predicted octanol–water partition coefficient (Wildman–Crippen LogP) is 3.14. The third kappa shape index (κ3) is 4.16. The molecule has 1 saturated heterocycles. The summed E-state index contributed by atoms with van der Waals surface area (Å²) in [7, 11) is -3.34. The van der Waals surface area contributed by atoms with E-state index in [1.807, 2.05) is 42.5 Å². The molecule has 0 aliphatic carbocycles. The lowest BCUT2D eigenvalue weighted by Crippen LogP contribution is -2.30. The lowest BCUT2D eigenvalue weighted by Gasteiger charge is -2.23. The molecule has 1 N–H and O–H groups in total. The standard InChI is InChI=1S/C19H23NO3S/c1-24(21,22)19-13-17(23-14-15-9-11-20-12-10-15)7-8-18(19)16-5-3-2-4-6-16/h2-8,13,15,20H,9-12,14H2,1H3. The molecule has 0 radical (unpaired) electrons. The molecule has 5 heteroatoms. The molecule has 0 atom stereocenters. The van der Waals surface area contributed by atoms with Crippen LogP contribution in [0.3, 0.4) is 0 Å². The van der Waals surface area contributed by atoms with Crippen molar-refractivity contribution in [1.29, 1.82) is 0 Å². The summed E-state index contributed by atoms with van der Waals surface area (Å²) in [5.41, 5.74) is 1.61. The van der Waals surface area contributed by atoms with E-state index >= 15 is 0 Å². The molecule has 2 aromatic carbocycles. The van der Waals surface area contributed by atoms with Gasteiger partial charge in [0.05, 0.1) is 11.5 Å². The van der Waals surface area contributed by atoms with Crippen LogP contribution in [0.2, 0.25) is 0 Å². The van der Waals surface area contributed by atoms with Crippen LogP contribution >= 0.6 is 0 Å². The van der Waals surface area contributed by atoms with Gasteiger partial charge in [-0.3, -0.25) is 0 Å². The summed E-state index contributed by atoms with van der Waals surface area (Å²) in [5.74, 6) is 1.15. The summed E-state index contributed by atoms with van der Waals surface area (Å²) in [5, 5.41) is 3.33. The monoisotopic (exact) mass is 345 g/mol. The van der Waals surface area contributed by atoms with Crippen molar-refractivity contribution in [2.24, 2.45) is 5.92 Å². The zero-order valence-corrected chi connectivity index (χ0v) is 14.7. The fourth-order valence-electron chi connectivity index (χ4n) is 3.02. The van der Waals surface area contributed by atoms with Gasteiger partial charge in [-0.15, -0.1) is 0 Å². The van der Waals surface area contributed by atoms with Gasteiger partial charge >= 0.3 is 0 Å². The van der Waals surface area contributed by atoms with Crippen LogP contribution in [-0.4, -0.2) is 34.4 Å². The molecule has 0 spiro atoms. The van der Waals surface area contributed by atoms with Crippen LogP contribution in [0, 0.1) is 5.92 Å². The average Bonchev–Trinajstić information content (AvgIpc) is 2.61. The summed E-state index contributed by atoms with van der Waals surface area (Å²) < 4.78 is 30.3. The van der Waals surface area contributed by atoms with E-state index in [0.29, 0.717) is 28.7 Å². The van der Waals surface area contributed by atoms with Crippen LogP contribution in [0.15, 0.2) is 53.4 Å². The molecule has 0 saturated carbocycles. The van der Waals surface area contributed by atoms with Crippen LogP contribution < -0.4 is 10.1 Å². The molecule has 0 amide bonds. The first-order valence-electron chi connectivity index (χ1n) is 8.27. The molecule has 24 heavy (non-hydrogen) atoms. The minimum atomic E-state index is -3.34. The molecule has 128 valence electrons. The van der Waals surface area contributed by atoms with E-state index in [9.17, 15) is 8.42 Å². The number of nitrogens with one attached hydrogen (secondary N) is 1. The fraction of sp³-hybridized carbons (Fsp3) is 0.368. The van der Waals surface area contributed by atoms with Crippen LogP contribution in [0.25, 0.3) is 11.1 Å². The summed E-state index contributed by atoms with van der Waals surface area (Å²) in [6, 6.07) is 14.9. The maximum Gasteiger partial charge on any atom is 0.176 e. The van der Waals surface area contributed by atoms with E-state index < -0.39 is 9.84 Å². The Labute approximate surface area is 143 Å². The summed E-state index contributed by atoms with van der Waals surface area (Å²) in [4.78, 5) is 0.316. The number of rotatable bonds is 5. The van der Waals surface area contributed by atoms with Crippen molar-refractivity contribution in [3.8, 4) is 16.9 Å². The molecular weight excluding hydrogens is 322 g/mol. The number of piperidine rings is 1. The van der Waals surface area contributed by atoms with E-state index in [1.54, 1.807) is 6.07 Å². The van der Waals surface area contributed by atoms with Gasteiger partial charge in [0.25, 0.3) is 0 Å².